The first-order valence-corrected chi connectivity index (χ1v) is 10.6. The molecule has 0 radical (unpaired) electrons. The molecular formula is C27H36N2O5. The van der Waals surface area contributed by atoms with Crippen molar-refractivity contribution in [2.75, 3.05) is 61.4 Å². The van der Waals surface area contributed by atoms with Crippen LogP contribution in [0.4, 0.5) is 0 Å². The number of hydrogen-bond acceptors (Lipinski definition) is 6. The number of carbonyl (C=O) groups excluding carboxylic acids is 1. The van der Waals surface area contributed by atoms with Crippen molar-refractivity contribution < 1.29 is 42.9 Å². The van der Waals surface area contributed by atoms with Gasteiger partial charge in [-0.3, -0.25) is 4.79 Å². The van der Waals surface area contributed by atoms with Gasteiger partial charge in [0, 0.05) is 40.5 Å². The second-order valence-electron chi connectivity index (χ2n) is 7.76. The molecule has 0 saturated heterocycles. The molecule has 1 aliphatic heterocycles. The monoisotopic (exact) mass is 482 g/mol. The van der Waals surface area contributed by atoms with Gasteiger partial charge in [0.05, 0.1) is 38.9 Å². The predicted molar refractivity (Wildman–Crippen MR) is 132 cm³/mol. The Kier molecular flexibility index (Phi) is 3.77. The molecular weight excluding hydrogens is 432 g/mol. The van der Waals surface area contributed by atoms with E-state index in [4.69, 9.17) is 38.1 Å². The van der Waals surface area contributed by atoms with Crippen molar-refractivity contribution in [3.63, 3.8) is 0 Å². The van der Waals surface area contributed by atoms with E-state index in [1.165, 1.54) is 27.4 Å². The molecule has 2 aromatic carbocycles. The second kappa shape index (κ2) is 10.6. The summed E-state index contributed by atoms with van der Waals surface area (Å²) in [5.41, 5.74) is 0.611. The molecule has 1 atom stereocenters. The molecule has 2 aromatic rings. The highest BCUT2D eigenvalue weighted by Gasteiger charge is 2.29. The summed E-state index contributed by atoms with van der Waals surface area (Å²) in [6.45, 7) is -13.2. The molecule has 0 aromatic heterocycles. The lowest BCUT2D eigenvalue weighted by Crippen LogP contribution is -2.36. The Morgan fingerprint density at radius 2 is 1.71 bits per heavy atom. The van der Waals surface area contributed by atoms with E-state index >= 15 is 0 Å². The number of hydrogen-bond donors (Lipinski definition) is 0. The molecule has 7 nitrogen and oxygen atoms in total. The predicted octanol–water partition coefficient (Wildman–Crippen LogP) is 3.31. The SMILES string of the molecule is [2H]C([2H])([2H])Oc1cc2c(cc1OC)C([2H])([2H])C([2H])([2H])N(CCC([2H])([2H])N(C([2H])([2H])[2H])C([2H])([2H])C1Cc3cc(OC)c(OC)cc31)C(=O)C2. The summed E-state index contributed by atoms with van der Waals surface area (Å²) in [4.78, 5) is 14.1. The lowest BCUT2D eigenvalue weighted by molar-refractivity contribution is -0.130. The Morgan fingerprint density at radius 1 is 1.03 bits per heavy atom. The highest BCUT2D eigenvalue weighted by Crippen LogP contribution is 2.42. The molecule has 34 heavy (non-hydrogen) atoms. The van der Waals surface area contributed by atoms with Crippen molar-refractivity contribution in [1.29, 1.82) is 0 Å². The van der Waals surface area contributed by atoms with Gasteiger partial charge in [-0.05, 0) is 79.2 Å². The van der Waals surface area contributed by atoms with Crippen LogP contribution >= 0.6 is 0 Å². The third-order valence-corrected chi connectivity index (χ3v) is 5.80. The van der Waals surface area contributed by atoms with Gasteiger partial charge in [0.1, 0.15) is 0 Å². The van der Waals surface area contributed by atoms with Gasteiger partial charge in [-0.1, -0.05) is 0 Å². The fourth-order valence-corrected chi connectivity index (χ4v) is 3.96. The minimum Gasteiger partial charge on any atom is -0.493 e. The number of fused-ring (bicyclic) bond motifs is 2. The van der Waals surface area contributed by atoms with Gasteiger partial charge in [0.2, 0.25) is 5.91 Å². The van der Waals surface area contributed by atoms with Crippen LogP contribution in [-0.2, 0) is 24.0 Å². The molecule has 1 aliphatic carbocycles. The molecule has 1 amide bonds. The molecule has 0 spiro atoms. The number of nitrogens with zero attached hydrogens (tertiary/aromatic N) is 2. The molecule has 2 aliphatic rings. The minimum absolute atomic E-state index is 0.0495. The van der Waals surface area contributed by atoms with Gasteiger partial charge in [-0.25, -0.2) is 0 Å². The lowest BCUT2D eigenvalue weighted by Gasteiger charge is -2.34. The first-order chi connectivity index (χ1) is 21.8. The molecule has 0 bridgehead atoms. The minimum atomic E-state index is -3.35. The zero-order valence-electron chi connectivity index (χ0n) is 33.2. The van der Waals surface area contributed by atoms with Crippen molar-refractivity contribution in [2.24, 2.45) is 0 Å². The van der Waals surface area contributed by atoms with E-state index < -0.39 is 71.1 Å². The number of methoxy groups -OCH3 is 4. The Morgan fingerprint density at radius 3 is 2.41 bits per heavy atom. The van der Waals surface area contributed by atoms with E-state index in [1.54, 1.807) is 6.07 Å². The highest BCUT2D eigenvalue weighted by molar-refractivity contribution is 5.80. The molecule has 7 heteroatoms. The Labute approximate surface area is 222 Å². The molecule has 184 valence electrons. The van der Waals surface area contributed by atoms with E-state index in [1.807, 2.05) is 0 Å². The van der Waals surface area contributed by atoms with E-state index in [-0.39, 0.29) is 39.7 Å². The molecule has 4 rings (SSSR count). The number of carbonyl (C=O) groups is 1. The number of ether oxygens (including phenoxy) is 4. The van der Waals surface area contributed by atoms with Gasteiger partial charge in [-0.15, -0.1) is 0 Å². The normalized spacial score (nSPS) is 27.6. The number of benzene rings is 2. The zero-order valence-corrected chi connectivity index (χ0v) is 19.2. The van der Waals surface area contributed by atoms with E-state index in [9.17, 15) is 4.79 Å². The Bertz CT molecular complexity index is 1560. The lowest BCUT2D eigenvalue weighted by atomic mass is 9.77. The summed E-state index contributed by atoms with van der Waals surface area (Å²) >= 11 is 0. The molecule has 0 N–H and O–H groups in total. The standard InChI is InChI=1S/C27H36N2O5/c1-28(17-21-11-20-14-25(33-4)26(34-5)16-22(20)21)8-6-9-29-10-7-18-12-23(31-2)24(32-3)13-19(18)15-27(29)30/h12-14,16,21H,6-11,15,17H2,1-5H3/i1D3,3D3,7D2,8D2,10D2,17D2. The van der Waals surface area contributed by atoms with Gasteiger partial charge in [0.15, 0.2) is 23.0 Å². The summed E-state index contributed by atoms with van der Waals surface area (Å²) in [5, 5.41) is 0. The highest BCUT2D eigenvalue weighted by atomic mass is 16.5. The van der Waals surface area contributed by atoms with Crippen LogP contribution in [0.1, 0.15) is 53.8 Å². The van der Waals surface area contributed by atoms with Gasteiger partial charge in [0.25, 0.3) is 0 Å². The van der Waals surface area contributed by atoms with Crippen LogP contribution in [0, 0.1) is 0 Å². The quantitative estimate of drug-likeness (QED) is 0.518. The van der Waals surface area contributed by atoms with Crippen LogP contribution < -0.4 is 18.9 Å². The number of aryl methyl sites for hydroxylation is 1. The topological polar surface area (TPSA) is 60.5 Å². The number of amides is 1. The molecule has 1 unspecified atom stereocenters. The van der Waals surface area contributed by atoms with Crippen molar-refractivity contribution >= 4 is 5.91 Å². The van der Waals surface area contributed by atoms with E-state index in [0.29, 0.717) is 21.8 Å². The van der Waals surface area contributed by atoms with Crippen molar-refractivity contribution in [3.8, 4) is 23.0 Å². The fraction of sp³-hybridized carbons (Fsp3) is 0.519. The fourth-order valence-electron chi connectivity index (χ4n) is 3.96. The summed E-state index contributed by atoms with van der Waals surface area (Å²) in [5.74, 6) is -2.04. The Balaban J connectivity index is 1.67. The largest absolute Gasteiger partial charge is 0.493 e. The van der Waals surface area contributed by atoms with Crippen molar-refractivity contribution in [3.05, 3.63) is 46.5 Å². The van der Waals surface area contributed by atoms with Crippen molar-refractivity contribution in [2.45, 2.75) is 31.6 Å². The maximum absolute atomic E-state index is 13.5. The second-order valence-corrected chi connectivity index (χ2v) is 7.76. The summed E-state index contributed by atoms with van der Waals surface area (Å²) in [7, 11) is 1.04. The smallest absolute Gasteiger partial charge is 0.227 e. The van der Waals surface area contributed by atoms with Gasteiger partial charge >= 0.3 is 0 Å². The average molecular weight is 483 g/mol. The maximum atomic E-state index is 13.5. The molecule has 1 heterocycles. The van der Waals surface area contributed by atoms with Crippen molar-refractivity contribution in [1.82, 2.24) is 9.80 Å². The van der Waals surface area contributed by atoms with Crippen LogP contribution in [0.15, 0.2) is 24.3 Å². The first kappa shape index (κ1) is 12.2. The number of rotatable bonds is 10. The van der Waals surface area contributed by atoms with Gasteiger partial charge in [-0.2, -0.15) is 0 Å². The third-order valence-electron chi connectivity index (χ3n) is 5.80. The average Bonchev–Trinajstić information content (AvgIpc) is 2.95. The van der Waals surface area contributed by atoms with Crippen LogP contribution in [0.2, 0.25) is 0 Å². The van der Waals surface area contributed by atoms with Gasteiger partial charge < -0.3 is 28.7 Å². The van der Waals surface area contributed by atoms with Crippen LogP contribution in [0.25, 0.3) is 0 Å². The molecule has 0 fully saturated rings. The van der Waals surface area contributed by atoms with E-state index in [2.05, 4.69) is 0 Å². The summed E-state index contributed by atoms with van der Waals surface area (Å²) in [6, 6.07) is 5.24. The Hall–Kier alpha value is -2.93. The zero-order chi connectivity index (χ0) is 36.4. The van der Waals surface area contributed by atoms with E-state index in [0.717, 1.165) is 12.1 Å². The summed E-state index contributed by atoms with van der Waals surface area (Å²) in [6.07, 6.45) is -4.49. The van der Waals surface area contributed by atoms with Crippen LogP contribution in [0.3, 0.4) is 0 Å². The maximum Gasteiger partial charge on any atom is 0.227 e. The molecule has 0 saturated carbocycles. The van der Waals surface area contributed by atoms with Crippen LogP contribution in [0.5, 0.6) is 23.0 Å². The summed E-state index contributed by atoms with van der Waals surface area (Å²) < 4.78 is 138. The number of likely N-dealkylation sites (N-methyl/N-ethyl adjacent to an activating group) is 1. The first-order valence-electron chi connectivity index (χ1n) is 17.6. The van der Waals surface area contributed by atoms with Crippen LogP contribution in [-0.4, -0.2) is 77.1 Å². The third kappa shape index (κ3) is 4.94.